The Labute approximate surface area is 223 Å². The maximum atomic E-state index is 13.9. The summed E-state index contributed by atoms with van der Waals surface area (Å²) < 4.78 is 5.40. The molecule has 0 unspecified atom stereocenters. The topological polar surface area (TPSA) is 49.9 Å². The van der Waals surface area contributed by atoms with Crippen LogP contribution in [0.25, 0.3) is 0 Å². The molecule has 3 aromatic rings. The Bertz CT molecular complexity index is 1320. The van der Waals surface area contributed by atoms with Crippen LogP contribution >= 0.6 is 11.6 Å². The van der Waals surface area contributed by atoms with Gasteiger partial charge in [-0.05, 0) is 60.3 Å². The Morgan fingerprint density at radius 3 is 2.59 bits per heavy atom. The van der Waals surface area contributed by atoms with Gasteiger partial charge in [-0.25, -0.2) is 0 Å². The van der Waals surface area contributed by atoms with Gasteiger partial charge < -0.3 is 9.64 Å². The second-order valence-corrected chi connectivity index (χ2v) is 10.8. The monoisotopic (exact) mass is 514 g/mol. The van der Waals surface area contributed by atoms with E-state index in [4.69, 9.17) is 16.3 Å². The molecule has 0 aromatic heterocycles. The predicted octanol–water partition coefficient (Wildman–Crippen LogP) is 5.61. The molecule has 3 aliphatic rings. The fourth-order valence-electron chi connectivity index (χ4n) is 6.06. The number of Topliss-reactive ketones (excluding diaryl/α,β-unsaturated/α-hetero) is 1. The number of ether oxygens (including phenoxy) is 1. The Hall–Kier alpha value is -2.99. The first-order chi connectivity index (χ1) is 18.1. The average molecular weight is 515 g/mol. The number of anilines is 1. The second-order valence-electron chi connectivity index (χ2n) is 10.4. The van der Waals surface area contributed by atoms with Crippen molar-refractivity contribution in [3.8, 4) is 0 Å². The SMILES string of the molecule is O=C(CCCN1CCOCC1)c1cccc(CN2C(=O)[C@@]3(C[C@H]3c3ccc(Cl)cc3)c3ccccc32)c1. The Morgan fingerprint density at radius 1 is 1.00 bits per heavy atom. The number of fused-ring (bicyclic) bond motifs is 2. The summed E-state index contributed by atoms with van der Waals surface area (Å²) >= 11 is 6.10. The van der Waals surface area contributed by atoms with Crippen molar-refractivity contribution in [1.29, 1.82) is 0 Å². The van der Waals surface area contributed by atoms with Gasteiger partial charge in [-0.15, -0.1) is 0 Å². The highest BCUT2D eigenvalue weighted by molar-refractivity contribution is 6.30. The standard InChI is InChI=1S/C31H31ClN2O3/c32-25-12-10-23(11-13-25)27-20-31(27)26-7-1-2-8-28(26)34(30(31)36)21-22-5-3-6-24(19-22)29(35)9-4-14-33-15-17-37-18-16-33/h1-3,5-8,10-13,19,27H,4,9,14-18,20-21H2/t27-,31-/m0/s1. The summed E-state index contributed by atoms with van der Waals surface area (Å²) in [7, 11) is 0. The van der Waals surface area contributed by atoms with Crippen LogP contribution < -0.4 is 4.90 Å². The number of benzene rings is 3. The maximum Gasteiger partial charge on any atom is 0.238 e. The molecule has 1 aliphatic carbocycles. The van der Waals surface area contributed by atoms with E-state index in [1.807, 2.05) is 71.6 Å². The number of amides is 1. The smallest absolute Gasteiger partial charge is 0.238 e. The summed E-state index contributed by atoms with van der Waals surface area (Å²) in [6, 6.07) is 23.8. The minimum Gasteiger partial charge on any atom is -0.379 e. The molecule has 190 valence electrons. The van der Waals surface area contributed by atoms with E-state index in [-0.39, 0.29) is 17.6 Å². The molecule has 2 aliphatic heterocycles. The third-order valence-electron chi connectivity index (χ3n) is 8.11. The number of hydrogen-bond donors (Lipinski definition) is 0. The molecular formula is C31H31ClN2O3. The van der Waals surface area contributed by atoms with Crippen molar-refractivity contribution in [3.05, 3.63) is 100 Å². The summed E-state index contributed by atoms with van der Waals surface area (Å²) in [6.07, 6.45) is 2.18. The van der Waals surface area contributed by atoms with Crippen molar-refractivity contribution in [2.75, 3.05) is 37.7 Å². The zero-order valence-corrected chi connectivity index (χ0v) is 21.6. The number of ketones is 1. The van der Waals surface area contributed by atoms with Crippen molar-refractivity contribution >= 4 is 29.0 Å². The quantitative estimate of drug-likeness (QED) is 0.367. The highest BCUT2D eigenvalue weighted by atomic mass is 35.5. The van der Waals surface area contributed by atoms with Crippen LogP contribution in [0, 0.1) is 0 Å². The minimum atomic E-state index is -0.503. The fourth-order valence-corrected chi connectivity index (χ4v) is 6.19. The van der Waals surface area contributed by atoms with E-state index in [1.54, 1.807) is 0 Å². The molecule has 3 aromatic carbocycles. The molecule has 6 heteroatoms. The van der Waals surface area contributed by atoms with Crippen molar-refractivity contribution < 1.29 is 14.3 Å². The number of hydrogen-bond acceptors (Lipinski definition) is 4. The minimum absolute atomic E-state index is 0.149. The van der Waals surface area contributed by atoms with Gasteiger partial charge in [0.25, 0.3) is 0 Å². The van der Waals surface area contributed by atoms with Gasteiger partial charge in [-0.1, -0.05) is 60.1 Å². The lowest BCUT2D eigenvalue weighted by molar-refractivity contribution is -0.120. The van der Waals surface area contributed by atoms with E-state index in [9.17, 15) is 9.59 Å². The largest absolute Gasteiger partial charge is 0.379 e. The number of nitrogens with zero attached hydrogens (tertiary/aromatic N) is 2. The van der Waals surface area contributed by atoms with Crippen molar-refractivity contribution in [2.45, 2.75) is 37.1 Å². The number of para-hydroxylation sites is 1. The molecule has 2 fully saturated rings. The summed E-state index contributed by atoms with van der Waals surface area (Å²) in [5.41, 5.74) is 4.43. The van der Waals surface area contributed by atoms with Crippen molar-refractivity contribution in [2.24, 2.45) is 0 Å². The highest BCUT2D eigenvalue weighted by Crippen LogP contribution is 2.66. The molecule has 0 radical (unpaired) electrons. The normalized spacial score (nSPS) is 22.9. The molecular weight excluding hydrogens is 484 g/mol. The Morgan fingerprint density at radius 2 is 1.78 bits per heavy atom. The molecule has 1 amide bonds. The van der Waals surface area contributed by atoms with E-state index in [2.05, 4.69) is 11.0 Å². The van der Waals surface area contributed by atoms with E-state index in [0.717, 1.165) is 73.6 Å². The van der Waals surface area contributed by atoms with Gasteiger partial charge in [0.1, 0.15) is 0 Å². The van der Waals surface area contributed by atoms with E-state index >= 15 is 0 Å². The van der Waals surface area contributed by atoms with Crippen LogP contribution in [0.3, 0.4) is 0 Å². The summed E-state index contributed by atoms with van der Waals surface area (Å²) in [5, 5.41) is 0.703. The van der Waals surface area contributed by atoms with Gasteiger partial charge in [-0.2, -0.15) is 0 Å². The molecule has 0 N–H and O–H groups in total. The molecule has 5 nitrogen and oxygen atoms in total. The van der Waals surface area contributed by atoms with Crippen LogP contribution in [0.5, 0.6) is 0 Å². The second kappa shape index (κ2) is 10.1. The first kappa shape index (κ1) is 24.4. The summed E-state index contributed by atoms with van der Waals surface area (Å²) in [4.78, 5) is 31.1. The van der Waals surface area contributed by atoms with Gasteiger partial charge in [0.15, 0.2) is 5.78 Å². The van der Waals surface area contributed by atoms with Crippen LogP contribution in [-0.2, 0) is 21.5 Å². The maximum absolute atomic E-state index is 13.9. The van der Waals surface area contributed by atoms with Gasteiger partial charge in [0.2, 0.25) is 5.91 Å². The van der Waals surface area contributed by atoms with Crippen molar-refractivity contribution in [1.82, 2.24) is 4.90 Å². The zero-order chi connectivity index (χ0) is 25.4. The lowest BCUT2D eigenvalue weighted by Gasteiger charge is -2.26. The van der Waals surface area contributed by atoms with Gasteiger partial charge in [-0.3, -0.25) is 14.5 Å². The van der Waals surface area contributed by atoms with Crippen LogP contribution in [0.2, 0.25) is 5.02 Å². The van der Waals surface area contributed by atoms with E-state index < -0.39 is 5.41 Å². The molecule has 2 heterocycles. The van der Waals surface area contributed by atoms with Crippen LogP contribution in [-0.4, -0.2) is 49.4 Å². The van der Waals surface area contributed by atoms with E-state index in [1.165, 1.54) is 0 Å². The molecule has 0 bridgehead atoms. The fraction of sp³-hybridized carbons (Fsp3) is 0.355. The zero-order valence-electron chi connectivity index (χ0n) is 20.9. The predicted molar refractivity (Wildman–Crippen MR) is 145 cm³/mol. The number of carbonyl (C=O) groups is 2. The number of halogens is 1. The Balaban J connectivity index is 1.17. The van der Waals surface area contributed by atoms with Crippen LogP contribution in [0.1, 0.15) is 52.2 Å². The van der Waals surface area contributed by atoms with Crippen LogP contribution in [0.15, 0.2) is 72.8 Å². The van der Waals surface area contributed by atoms with Gasteiger partial charge in [0.05, 0.1) is 25.2 Å². The van der Waals surface area contributed by atoms with Gasteiger partial charge in [0, 0.05) is 41.7 Å². The number of carbonyl (C=O) groups excluding carboxylic acids is 2. The summed E-state index contributed by atoms with van der Waals surface area (Å²) in [5.74, 6) is 0.461. The lowest BCUT2D eigenvalue weighted by Crippen LogP contribution is -2.36. The highest BCUT2D eigenvalue weighted by Gasteiger charge is 2.67. The third-order valence-corrected chi connectivity index (χ3v) is 8.36. The third kappa shape index (κ3) is 4.61. The molecule has 1 saturated heterocycles. The van der Waals surface area contributed by atoms with Gasteiger partial charge >= 0.3 is 0 Å². The summed E-state index contributed by atoms with van der Waals surface area (Å²) in [6.45, 7) is 4.81. The molecule has 1 saturated carbocycles. The van der Waals surface area contributed by atoms with E-state index in [0.29, 0.717) is 18.0 Å². The number of morpholine rings is 1. The lowest BCUT2D eigenvalue weighted by atomic mass is 9.92. The Kier molecular flexibility index (Phi) is 6.62. The molecule has 2 atom stereocenters. The first-order valence-corrected chi connectivity index (χ1v) is 13.5. The molecule has 37 heavy (non-hydrogen) atoms. The first-order valence-electron chi connectivity index (χ1n) is 13.2. The molecule has 6 rings (SSSR count). The average Bonchev–Trinajstić information content (AvgIpc) is 3.64. The molecule has 1 spiro atoms. The van der Waals surface area contributed by atoms with Crippen molar-refractivity contribution in [3.63, 3.8) is 0 Å². The van der Waals surface area contributed by atoms with Crippen LogP contribution in [0.4, 0.5) is 5.69 Å². The number of rotatable bonds is 8.